The Kier molecular flexibility index (Phi) is 1.65. The molecule has 0 bridgehead atoms. The molecule has 1 aliphatic heterocycles. The highest BCUT2D eigenvalue weighted by Crippen LogP contribution is 2.07. The molecule has 0 aromatic carbocycles. The summed E-state index contributed by atoms with van der Waals surface area (Å²) < 4.78 is 4.95. The zero-order chi connectivity index (χ0) is 6.91. The van der Waals surface area contributed by atoms with Crippen molar-refractivity contribution < 1.29 is 4.74 Å². The summed E-state index contributed by atoms with van der Waals surface area (Å²) in [5, 5.41) is 0. The molecule has 1 unspecified atom stereocenters. The van der Waals surface area contributed by atoms with Gasteiger partial charge in [0.2, 0.25) is 0 Å². The van der Waals surface area contributed by atoms with Crippen LogP contribution in [0.15, 0.2) is 0 Å². The van der Waals surface area contributed by atoms with E-state index in [0.717, 1.165) is 6.61 Å². The van der Waals surface area contributed by atoms with Crippen molar-refractivity contribution in [2.24, 2.45) is 0 Å². The minimum atomic E-state index is -1.12. The summed E-state index contributed by atoms with van der Waals surface area (Å²) >= 11 is 0. The first-order valence-corrected chi connectivity index (χ1v) is 6.72. The van der Waals surface area contributed by atoms with Gasteiger partial charge in [0.15, 0.2) is 0 Å². The standard InChI is InChI=1S/C7H12OSi/c1-9(2,3)5-4-7-6-8-7/h7H,6H2,1-3H3. The van der Waals surface area contributed by atoms with Crippen molar-refractivity contribution in [1.29, 1.82) is 0 Å². The highest BCUT2D eigenvalue weighted by atomic mass is 28.3. The van der Waals surface area contributed by atoms with E-state index < -0.39 is 8.07 Å². The Morgan fingerprint density at radius 3 is 2.33 bits per heavy atom. The Morgan fingerprint density at radius 2 is 2.00 bits per heavy atom. The minimum Gasteiger partial charge on any atom is -0.359 e. The molecule has 1 aliphatic rings. The molecule has 1 nitrogen and oxygen atoms in total. The Labute approximate surface area is 57.4 Å². The monoisotopic (exact) mass is 140 g/mol. The van der Waals surface area contributed by atoms with Gasteiger partial charge in [-0.05, 0) is 0 Å². The van der Waals surface area contributed by atoms with E-state index in [0.29, 0.717) is 0 Å². The second-order valence-corrected chi connectivity index (χ2v) is 8.09. The molecule has 0 aliphatic carbocycles. The Bertz CT molecular complexity index is 154. The SMILES string of the molecule is C[Si](C)(C)C#CC1CO1. The van der Waals surface area contributed by atoms with Crippen LogP contribution in [0.5, 0.6) is 0 Å². The number of hydrogen-bond donors (Lipinski definition) is 0. The Hall–Kier alpha value is -0.263. The van der Waals surface area contributed by atoms with Gasteiger partial charge in [-0.1, -0.05) is 25.6 Å². The van der Waals surface area contributed by atoms with Crippen molar-refractivity contribution in [3.8, 4) is 11.5 Å². The van der Waals surface area contributed by atoms with Crippen molar-refractivity contribution in [3.05, 3.63) is 0 Å². The lowest BCUT2D eigenvalue weighted by Crippen LogP contribution is -2.16. The highest BCUT2D eigenvalue weighted by molar-refractivity contribution is 6.83. The van der Waals surface area contributed by atoms with Gasteiger partial charge < -0.3 is 4.74 Å². The summed E-state index contributed by atoms with van der Waals surface area (Å²) in [6.45, 7) is 7.57. The molecule has 2 heteroatoms. The van der Waals surface area contributed by atoms with Gasteiger partial charge in [0, 0.05) is 0 Å². The van der Waals surface area contributed by atoms with Crippen molar-refractivity contribution in [3.63, 3.8) is 0 Å². The lowest BCUT2D eigenvalue weighted by atomic mass is 10.5. The molecule has 0 radical (unpaired) electrons. The first-order chi connectivity index (χ1) is 4.08. The fourth-order valence-electron chi connectivity index (χ4n) is 0.428. The zero-order valence-electron chi connectivity index (χ0n) is 6.19. The van der Waals surface area contributed by atoms with Crippen LogP contribution >= 0.6 is 0 Å². The molecule has 50 valence electrons. The van der Waals surface area contributed by atoms with Crippen LogP contribution < -0.4 is 0 Å². The van der Waals surface area contributed by atoms with Gasteiger partial charge >= 0.3 is 0 Å². The molecule has 0 spiro atoms. The number of ether oxygens (including phenoxy) is 1. The third-order valence-electron chi connectivity index (χ3n) is 0.941. The minimum absolute atomic E-state index is 0.289. The van der Waals surface area contributed by atoms with E-state index in [1.165, 1.54) is 0 Å². The maximum Gasteiger partial charge on any atom is 0.141 e. The molecule has 1 saturated heterocycles. The first-order valence-electron chi connectivity index (χ1n) is 3.22. The van der Waals surface area contributed by atoms with Crippen molar-refractivity contribution in [2.75, 3.05) is 6.61 Å². The van der Waals surface area contributed by atoms with E-state index in [4.69, 9.17) is 4.74 Å². The van der Waals surface area contributed by atoms with Gasteiger partial charge in [0.1, 0.15) is 14.2 Å². The van der Waals surface area contributed by atoms with E-state index in [1.54, 1.807) is 0 Å². The van der Waals surface area contributed by atoms with Crippen molar-refractivity contribution in [1.82, 2.24) is 0 Å². The zero-order valence-corrected chi connectivity index (χ0v) is 7.19. The molecule has 1 atom stereocenters. The smallest absolute Gasteiger partial charge is 0.141 e. The summed E-state index contributed by atoms with van der Waals surface area (Å²) in [7, 11) is -1.12. The molecule has 1 heterocycles. The average molecular weight is 140 g/mol. The summed E-state index contributed by atoms with van der Waals surface area (Å²) in [4.78, 5) is 0. The van der Waals surface area contributed by atoms with Crippen LogP contribution in [-0.4, -0.2) is 20.8 Å². The molecule has 0 aromatic rings. The maximum absolute atomic E-state index is 4.95. The third-order valence-corrected chi connectivity index (χ3v) is 1.84. The van der Waals surface area contributed by atoms with E-state index >= 15 is 0 Å². The molecule has 0 aromatic heterocycles. The third kappa shape index (κ3) is 3.34. The van der Waals surface area contributed by atoms with E-state index in [-0.39, 0.29) is 6.10 Å². The van der Waals surface area contributed by atoms with Gasteiger partial charge in [0.05, 0.1) is 6.61 Å². The molecular weight excluding hydrogens is 128 g/mol. The summed E-state index contributed by atoms with van der Waals surface area (Å²) in [6.07, 6.45) is 0.289. The fraction of sp³-hybridized carbons (Fsp3) is 0.714. The molecule has 0 N–H and O–H groups in total. The van der Waals surface area contributed by atoms with Crippen molar-refractivity contribution >= 4 is 8.07 Å². The number of rotatable bonds is 0. The Morgan fingerprint density at radius 1 is 1.44 bits per heavy atom. The normalized spacial score (nSPS) is 24.6. The second kappa shape index (κ2) is 2.16. The predicted octanol–water partition coefficient (Wildman–Crippen LogP) is 1.27. The average Bonchev–Trinajstić information content (AvgIpc) is 2.38. The van der Waals surface area contributed by atoms with Crippen LogP contribution in [0.2, 0.25) is 19.6 Å². The molecule has 9 heavy (non-hydrogen) atoms. The molecule has 1 fully saturated rings. The van der Waals surface area contributed by atoms with Crippen LogP contribution in [0.3, 0.4) is 0 Å². The predicted molar refractivity (Wildman–Crippen MR) is 40.9 cm³/mol. The van der Waals surface area contributed by atoms with E-state index in [9.17, 15) is 0 Å². The lowest BCUT2D eigenvalue weighted by molar-refractivity contribution is 0.445. The molecule has 0 saturated carbocycles. The van der Waals surface area contributed by atoms with Crippen LogP contribution in [0.1, 0.15) is 0 Å². The summed E-state index contributed by atoms with van der Waals surface area (Å²) in [5.74, 6) is 3.09. The quantitative estimate of drug-likeness (QED) is 0.280. The van der Waals surface area contributed by atoms with Crippen LogP contribution in [-0.2, 0) is 4.74 Å². The topological polar surface area (TPSA) is 12.5 Å². The molecule has 0 amide bonds. The second-order valence-electron chi connectivity index (χ2n) is 3.34. The fourth-order valence-corrected chi connectivity index (χ4v) is 1.02. The van der Waals surface area contributed by atoms with Gasteiger partial charge in [-0.2, -0.15) is 0 Å². The lowest BCUT2D eigenvalue weighted by Gasteiger charge is -2.02. The highest BCUT2D eigenvalue weighted by Gasteiger charge is 2.19. The van der Waals surface area contributed by atoms with Crippen LogP contribution in [0.4, 0.5) is 0 Å². The van der Waals surface area contributed by atoms with Gasteiger partial charge in [-0.15, -0.1) is 5.54 Å². The van der Waals surface area contributed by atoms with Crippen LogP contribution in [0.25, 0.3) is 0 Å². The van der Waals surface area contributed by atoms with E-state index in [1.807, 2.05) is 0 Å². The Balaban J connectivity index is 2.39. The van der Waals surface area contributed by atoms with E-state index in [2.05, 4.69) is 31.1 Å². The molecular formula is C7H12OSi. The van der Waals surface area contributed by atoms with Gasteiger partial charge in [-0.25, -0.2) is 0 Å². The van der Waals surface area contributed by atoms with Crippen molar-refractivity contribution in [2.45, 2.75) is 25.7 Å². The number of hydrogen-bond acceptors (Lipinski definition) is 1. The van der Waals surface area contributed by atoms with Crippen LogP contribution in [0, 0.1) is 11.5 Å². The number of epoxide rings is 1. The van der Waals surface area contributed by atoms with Gasteiger partial charge in [-0.3, -0.25) is 0 Å². The largest absolute Gasteiger partial charge is 0.359 e. The maximum atomic E-state index is 4.95. The summed E-state index contributed by atoms with van der Waals surface area (Å²) in [5.41, 5.74) is 3.25. The first kappa shape index (κ1) is 6.85. The molecule has 1 rings (SSSR count). The summed E-state index contributed by atoms with van der Waals surface area (Å²) in [6, 6.07) is 0. The van der Waals surface area contributed by atoms with Gasteiger partial charge in [0.25, 0.3) is 0 Å².